The van der Waals surface area contributed by atoms with E-state index in [2.05, 4.69) is 10.3 Å². The molecule has 0 aliphatic carbocycles. The molecule has 0 aromatic carbocycles. The molecule has 1 aromatic heterocycles. The van der Waals surface area contributed by atoms with Crippen LogP contribution in [0.3, 0.4) is 0 Å². The molecule has 68 valence electrons. The lowest BCUT2D eigenvalue weighted by molar-refractivity contribution is 0.250. The Morgan fingerprint density at radius 2 is 2.50 bits per heavy atom. The van der Waals surface area contributed by atoms with E-state index in [9.17, 15) is 0 Å². The molecule has 0 radical (unpaired) electrons. The minimum absolute atomic E-state index is 0.139. The second-order valence-electron chi connectivity index (χ2n) is 2.96. The first-order chi connectivity index (χ1) is 5.74. The highest BCUT2D eigenvalue weighted by molar-refractivity contribution is 4.96. The molecule has 4 nitrogen and oxygen atoms in total. The van der Waals surface area contributed by atoms with Gasteiger partial charge in [0.2, 0.25) is 0 Å². The summed E-state index contributed by atoms with van der Waals surface area (Å²) in [5.41, 5.74) is 1.12. The number of imidazole rings is 1. The summed E-state index contributed by atoms with van der Waals surface area (Å²) >= 11 is 0. The maximum atomic E-state index is 8.75. The quantitative estimate of drug-likeness (QED) is 0.661. The van der Waals surface area contributed by atoms with Crippen LogP contribution in [0.2, 0.25) is 0 Å². The molecule has 0 spiro atoms. The molecule has 0 saturated carbocycles. The molecule has 1 atom stereocenters. The molecule has 0 fully saturated rings. The summed E-state index contributed by atoms with van der Waals surface area (Å²) in [5.74, 6) is 0. The Morgan fingerprint density at radius 1 is 1.75 bits per heavy atom. The second kappa shape index (κ2) is 4.23. The second-order valence-corrected chi connectivity index (χ2v) is 2.96. The Morgan fingerprint density at radius 3 is 3.00 bits per heavy atom. The van der Waals surface area contributed by atoms with Crippen LogP contribution in [0.1, 0.15) is 12.6 Å². The lowest BCUT2D eigenvalue weighted by Crippen LogP contribution is -2.29. The van der Waals surface area contributed by atoms with Gasteiger partial charge in [0.1, 0.15) is 0 Å². The molecule has 0 aliphatic rings. The number of nitrogens with one attached hydrogen (secondary N) is 1. The van der Waals surface area contributed by atoms with Crippen LogP contribution in [0, 0.1) is 0 Å². The van der Waals surface area contributed by atoms with Crippen molar-refractivity contribution in [1.29, 1.82) is 0 Å². The van der Waals surface area contributed by atoms with E-state index < -0.39 is 0 Å². The topological polar surface area (TPSA) is 50.1 Å². The summed E-state index contributed by atoms with van der Waals surface area (Å²) in [5, 5.41) is 11.9. The zero-order chi connectivity index (χ0) is 8.97. The van der Waals surface area contributed by atoms with Gasteiger partial charge in [-0.05, 0) is 6.92 Å². The van der Waals surface area contributed by atoms with Crippen LogP contribution >= 0.6 is 0 Å². The van der Waals surface area contributed by atoms with Crippen LogP contribution in [0.15, 0.2) is 12.5 Å². The van der Waals surface area contributed by atoms with Gasteiger partial charge >= 0.3 is 0 Å². The Labute approximate surface area is 72.2 Å². The largest absolute Gasteiger partial charge is 0.395 e. The number of aliphatic hydroxyl groups is 1. The van der Waals surface area contributed by atoms with Gasteiger partial charge in [0.15, 0.2) is 0 Å². The summed E-state index contributed by atoms with van der Waals surface area (Å²) in [7, 11) is 1.95. The molecule has 12 heavy (non-hydrogen) atoms. The van der Waals surface area contributed by atoms with E-state index >= 15 is 0 Å². The third-order valence-electron chi connectivity index (χ3n) is 1.82. The van der Waals surface area contributed by atoms with Gasteiger partial charge < -0.3 is 15.0 Å². The summed E-state index contributed by atoms with van der Waals surface area (Å²) in [4.78, 5) is 3.99. The molecule has 0 unspecified atom stereocenters. The molecular weight excluding hydrogens is 154 g/mol. The Hall–Kier alpha value is -0.870. The Balaban J connectivity index is 2.38. The number of aryl methyl sites for hydroxylation is 1. The summed E-state index contributed by atoms with van der Waals surface area (Å²) in [6.07, 6.45) is 3.58. The van der Waals surface area contributed by atoms with Gasteiger partial charge in [0.25, 0.3) is 0 Å². The lowest BCUT2D eigenvalue weighted by Gasteiger charge is -2.10. The third kappa shape index (κ3) is 2.32. The van der Waals surface area contributed by atoms with Crippen molar-refractivity contribution in [1.82, 2.24) is 14.9 Å². The molecule has 1 rings (SSSR count). The maximum absolute atomic E-state index is 8.75. The van der Waals surface area contributed by atoms with Crippen LogP contribution in [-0.4, -0.2) is 27.3 Å². The van der Waals surface area contributed by atoms with E-state index in [0.717, 1.165) is 12.2 Å². The number of aliphatic hydroxyl groups excluding tert-OH is 1. The normalized spacial score (nSPS) is 13.2. The number of hydrogen-bond acceptors (Lipinski definition) is 3. The molecule has 0 amide bonds. The van der Waals surface area contributed by atoms with Crippen molar-refractivity contribution < 1.29 is 5.11 Å². The monoisotopic (exact) mass is 169 g/mol. The first-order valence-corrected chi connectivity index (χ1v) is 4.03. The van der Waals surface area contributed by atoms with Crippen molar-refractivity contribution in [3.63, 3.8) is 0 Å². The number of nitrogens with zero attached hydrogens (tertiary/aromatic N) is 2. The maximum Gasteiger partial charge on any atom is 0.0945 e. The molecular formula is C8H15N3O. The predicted octanol–water partition coefficient (Wildman–Crippen LogP) is -0.110. The van der Waals surface area contributed by atoms with E-state index in [-0.39, 0.29) is 12.6 Å². The van der Waals surface area contributed by atoms with Gasteiger partial charge in [0.05, 0.1) is 18.6 Å². The van der Waals surface area contributed by atoms with Gasteiger partial charge in [-0.25, -0.2) is 4.98 Å². The first kappa shape index (κ1) is 9.22. The predicted molar refractivity (Wildman–Crippen MR) is 46.6 cm³/mol. The number of hydrogen-bond donors (Lipinski definition) is 2. The summed E-state index contributed by atoms with van der Waals surface area (Å²) in [6, 6.07) is 0.139. The molecule has 0 bridgehead atoms. The van der Waals surface area contributed by atoms with Crippen LogP contribution < -0.4 is 5.32 Å². The summed E-state index contributed by atoms with van der Waals surface area (Å²) in [6.45, 7) is 2.85. The van der Waals surface area contributed by atoms with Gasteiger partial charge in [-0.2, -0.15) is 0 Å². The van der Waals surface area contributed by atoms with Crippen LogP contribution in [0.4, 0.5) is 0 Å². The van der Waals surface area contributed by atoms with E-state index in [1.165, 1.54) is 0 Å². The van der Waals surface area contributed by atoms with Crippen molar-refractivity contribution in [2.75, 3.05) is 6.61 Å². The molecule has 1 heterocycles. The fraction of sp³-hybridized carbons (Fsp3) is 0.625. The molecule has 1 aromatic rings. The van der Waals surface area contributed by atoms with Gasteiger partial charge in [-0.1, -0.05) is 0 Å². The third-order valence-corrected chi connectivity index (χ3v) is 1.82. The van der Waals surface area contributed by atoms with Crippen molar-refractivity contribution in [3.05, 3.63) is 18.2 Å². The fourth-order valence-corrected chi connectivity index (χ4v) is 0.898. The zero-order valence-corrected chi connectivity index (χ0v) is 7.49. The number of aromatic nitrogens is 2. The smallest absolute Gasteiger partial charge is 0.0945 e. The lowest BCUT2D eigenvalue weighted by atomic mass is 10.3. The zero-order valence-electron chi connectivity index (χ0n) is 7.49. The standard InChI is InChI=1S/C8H15N3O/c1-7(5-12)10-4-8-3-9-6-11(8)2/h3,6-7,10,12H,4-5H2,1-2H3/t7-/m1/s1. The van der Waals surface area contributed by atoms with E-state index in [4.69, 9.17) is 5.11 Å². The average molecular weight is 169 g/mol. The highest BCUT2D eigenvalue weighted by atomic mass is 16.3. The van der Waals surface area contributed by atoms with Crippen molar-refractivity contribution in [3.8, 4) is 0 Å². The summed E-state index contributed by atoms with van der Waals surface area (Å²) < 4.78 is 1.96. The van der Waals surface area contributed by atoms with Crippen molar-refractivity contribution in [2.24, 2.45) is 7.05 Å². The molecule has 0 saturated heterocycles. The SMILES string of the molecule is C[C@H](CO)NCc1cncn1C. The van der Waals surface area contributed by atoms with E-state index in [1.807, 2.05) is 24.7 Å². The van der Waals surface area contributed by atoms with Crippen LogP contribution in [0.25, 0.3) is 0 Å². The van der Waals surface area contributed by atoms with Crippen molar-refractivity contribution >= 4 is 0 Å². The molecule has 4 heteroatoms. The van der Waals surface area contributed by atoms with E-state index in [0.29, 0.717) is 0 Å². The highest BCUT2D eigenvalue weighted by Crippen LogP contribution is 1.95. The average Bonchev–Trinajstić information content (AvgIpc) is 2.47. The minimum Gasteiger partial charge on any atom is -0.395 e. The molecule has 2 N–H and O–H groups in total. The Kier molecular flexibility index (Phi) is 3.25. The molecule has 0 aliphatic heterocycles. The van der Waals surface area contributed by atoms with Crippen LogP contribution in [-0.2, 0) is 13.6 Å². The highest BCUT2D eigenvalue weighted by Gasteiger charge is 2.00. The number of rotatable bonds is 4. The fourth-order valence-electron chi connectivity index (χ4n) is 0.898. The van der Waals surface area contributed by atoms with Gasteiger partial charge in [-0.3, -0.25) is 0 Å². The minimum atomic E-state index is 0.139. The van der Waals surface area contributed by atoms with Gasteiger partial charge in [0, 0.05) is 25.8 Å². The Bertz CT molecular complexity index is 234. The van der Waals surface area contributed by atoms with E-state index in [1.54, 1.807) is 6.33 Å². The first-order valence-electron chi connectivity index (χ1n) is 4.03. The van der Waals surface area contributed by atoms with Gasteiger partial charge in [-0.15, -0.1) is 0 Å². The van der Waals surface area contributed by atoms with Crippen molar-refractivity contribution in [2.45, 2.75) is 19.5 Å². The van der Waals surface area contributed by atoms with Crippen LogP contribution in [0.5, 0.6) is 0 Å².